The Balaban J connectivity index is 1.61. The first-order valence-electron chi connectivity index (χ1n) is 8.14. The number of aryl methyl sites for hydroxylation is 2. The third-order valence-corrected chi connectivity index (χ3v) is 3.78. The lowest BCUT2D eigenvalue weighted by Gasteiger charge is -2.08. The number of aromatic nitrogens is 1. The molecule has 0 unspecified atom stereocenters. The van der Waals surface area contributed by atoms with Crippen molar-refractivity contribution in [2.45, 2.75) is 13.8 Å². The van der Waals surface area contributed by atoms with E-state index in [1.165, 1.54) is 0 Å². The Kier molecular flexibility index (Phi) is 5.14. The van der Waals surface area contributed by atoms with E-state index >= 15 is 0 Å². The predicted octanol–water partition coefficient (Wildman–Crippen LogP) is 3.77. The lowest BCUT2D eigenvalue weighted by Crippen LogP contribution is -2.28. The average molecular weight is 336 g/mol. The van der Waals surface area contributed by atoms with Crippen molar-refractivity contribution >= 4 is 5.91 Å². The van der Waals surface area contributed by atoms with Crippen molar-refractivity contribution in [3.05, 3.63) is 71.5 Å². The highest BCUT2D eigenvalue weighted by atomic mass is 16.5. The normalized spacial score (nSPS) is 10.5. The molecule has 5 nitrogen and oxygen atoms in total. The smallest absolute Gasteiger partial charge is 0.257 e. The molecular formula is C20H20N2O3. The number of amides is 1. The summed E-state index contributed by atoms with van der Waals surface area (Å²) in [7, 11) is 0. The maximum absolute atomic E-state index is 12.5. The summed E-state index contributed by atoms with van der Waals surface area (Å²) in [6, 6.07) is 17.3. The van der Waals surface area contributed by atoms with E-state index < -0.39 is 0 Å². The van der Waals surface area contributed by atoms with E-state index in [4.69, 9.17) is 9.26 Å². The zero-order chi connectivity index (χ0) is 17.6. The predicted molar refractivity (Wildman–Crippen MR) is 95.7 cm³/mol. The Morgan fingerprint density at radius 2 is 1.92 bits per heavy atom. The number of hydrogen-bond donors (Lipinski definition) is 1. The Morgan fingerprint density at radius 1 is 1.12 bits per heavy atom. The largest absolute Gasteiger partial charge is 0.492 e. The molecule has 0 fully saturated rings. The van der Waals surface area contributed by atoms with Gasteiger partial charge >= 0.3 is 0 Å². The first kappa shape index (κ1) is 16.8. The molecule has 0 radical (unpaired) electrons. The van der Waals surface area contributed by atoms with Crippen molar-refractivity contribution < 1.29 is 14.1 Å². The fraction of sp³-hybridized carbons (Fsp3) is 0.200. The van der Waals surface area contributed by atoms with Crippen LogP contribution in [0.15, 0.2) is 59.1 Å². The Morgan fingerprint density at radius 3 is 2.68 bits per heavy atom. The highest BCUT2D eigenvalue weighted by Gasteiger charge is 2.21. The molecule has 0 aliphatic carbocycles. The third kappa shape index (κ3) is 4.07. The number of carbonyl (C=O) groups excluding carboxylic acids is 1. The summed E-state index contributed by atoms with van der Waals surface area (Å²) in [6.45, 7) is 4.53. The molecule has 1 aromatic heterocycles. The molecule has 0 saturated carbocycles. The van der Waals surface area contributed by atoms with Crippen molar-refractivity contribution in [3.8, 4) is 17.0 Å². The van der Waals surface area contributed by atoms with Gasteiger partial charge in [-0.2, -0.15) is 0 Å². The van der Waals surface area contributed by atoms with Crippen LogP contribution < -0.4 is 10.1 Å². The SMILES string of the molecule is Cc1cccc(OCCNC(=O)c2c(-c3ccccc3)noc2C)c1. The van der Waals surface area contributed by atoms with Gasteiger partial charge in [-0.15, -0.1) is 0 Å². The molecule has 3 rings (SSSR count). The van der Waals surface area contributed by atoms with Gasteiger partial charge in [-0.3, -0.25) is 4.79 Å². The van der Waals surface area contributed by atoms with Gasteiger partial charge in [0.05, 0.1) is 6.54 Å². The number of benzene rings is 2. The topological polar surface area (TPSA) is 64.4 Å². The van der Waals surface area contributed by atoms with Gasteiger partial charge in [-0.1, -0.05) is 47.6 Å². The summed E-state index contributed by atoms with van der Waals surface area (Å²) >= 11 is 0. The summed E-state index contributed by atoms with van der Waals surface area (Å²) in [5.41, 5.74) is 2.99. The van der Waals surface area contributed by atoms with Crippen molar-refractivity contribution in [3.63, 3.8) is 0 Å². The minimum Gasteiger partial charge on any atom is -0.492 e. The molecular weight excluding hydrogens is 316 g/mol. The standard InChI is InChI=1S/C20H20N2O3/c1-14-7-6-10-17(13-14)24-12-11-21-20(23)18-15(2)25-22-19(18)16-8-4-3-5-9-16/h3-10,13H,11-12H2,1-2H3,(H,21,23). The summed E-state index contributed by atoms with van der Waals surface area (Å²) in [5, 5.41) is 6.88. The molecule has 0 saturated heterocycles. The van der Waals surface area contributed by atoms with E-state index in [0.29, 0.717) is 30.2 Å². The molecule has 0 spiro atoms. The summed E-state index contributed by atoms with van der Waals surface area (Å²) in [4.78, 5) is 12.5. The number of rotatable bonds is 6. The Hall–Kier alpha value is -3.08. The van der Waals surface area contributed by atoms with Crippen molar-refractivity contribution in [2.24, 2.45) is 0 Å². The molecule has 0 aliphatic heterocycles. The quantitative estimate of drug-likeness (QED) is 0.696. The van der Waals surface area contributed by atoms with Crippen LogP contribution in [0.4, 0.5) is 0 Å². The second kappa shape index (κ2) is 7.66. The molecule has 0 atom stereocenters. The summed E-state index contributed by atoms with van der Waals surface area (Å²) < 4.78 is 10.9. The van der Waals surface area contributed by atoms with E-state index in [0.717, 1.165) is 16.9 Å². The minimum atomic E-state index is -0.217. The first-order chi connectivity index (χ1) is 12.1. The Bertz CT molecular complexity index is 856. The molecule has 25 heavy (non-hydrogen) atoms. The number of ether oxygens (including phenoxy) is 1. The van der Waals surface area contributed by atoms with Crippen LogP contribution >= 0.6 is 0 Å². The van der Waals surface area contributed by atoms with E-state index in [1.807, 2.05) is 61.5 Å². The van der Waals surface area contributed by atoms with Gasteiger partial charge in [0.15, 0.2) is 0 Å². The number of nitrogens with zero attached hydrogens (tertiary/aromatic N) is 1. The minimum absolute atomic E-state index is 0.217. The lowest BCUT2D eigenvalue weighted by molar-refractivity contribution is 0.0946. The van der Waals surface area contributed by atoms with E-state index in [9.17, 15) is 4.79 Å². The lowest BCUT2D eigenvalue weighted by atomic mass is 10.1. The van der Waals surface area contributed by atoms with Crippen LogP contribution in [0.2, 0.25) is 0 Å². The van der Waals surface area contributed by atoms with Crippen molar-refractivity contribution in [2.75, 3.05) is 13.2 Å². The van der Waals surface area contributed by atoms with Gasteiger partial charge in [0.1, 0.15) is 29.4 Å². The van der Waals surface area contributed by atoms with E-state index in [1.54, 1.807) is 6.92 Å². The van der Waals surface area contributed by atoms with Crippen LogP contribution in [0.25, 0.3) is 11.3 Å². The average Bonchev–Trinajstić information content (AvgIpc) is 3.01. The molecule has 0 aliphatic rings. The number of nitrogens with one attached hydrogen (secondary N) is 1. The van der Waals surface area contributed by atoms with E-state index in [2.05, 4.69) is 10.5 Å². The number of carbonyl (C=O) groups is 1. The molecule has 1 amide bonds. The molecule has 128 valence electrons. The fourth-order valence-corrected chi connectivity index (χ4v) is 2.56. The van der Waals surface area contributed by atoms with Crippen LogP contribution in [0.1, 0.15) is 21.7 Å². The van der Waals surface area contributed by atoms with Crippen LogP contribution in [-0.4, -0.2) is 24.2 Å². The summed E-state index contributed by atoms with van der Waals surface area (Å²) in [5.74, 6) is 1.07. The van der Waals surface area contributed by atoms with Gasteiger partial charge in [0, 0.05) is 5.56 Å². The van der Waals surface area contributed by atoms with Crippen LogP contribution in [0, 0.1) is 13.8 Å². The molecule has 2 aromatic carbocycles. The first-order valence-corrected chi connectivity index (χ1v) is 8.14. The third-order valence-electron chi connectivity index (χ3n) is 3.78. The van der Waals surface area contributed by atoms with Gasteiger partial charge in [0.25, 0.3) is 5.91 Å². The van der Waals surface area contributed by atoms with E-state index in [-0.39, 0.29) is 5.91 Å². The van der Waals surface area contributed by atoms with Gasteiger partial charge < -0.3 is 14.6 Å². The van der Waals surface area contributed by atoms with Crippen molar-refractivity contribution in [1.82, 2.24) is 10.5 Å². The molecule has 5 heteroatoms. The zero-order valence-corrected chi connectivity index (χ0v) is 14.3. The van der Waals surface area contributed by atoms with Crippen molar-refractivity contribution in [1.29, 1.82) is 0 Å². The maximum atomic E-state index is 12.5. The van der Waals surface area contributed by atoms with Gasteiger partial charge in [-0.05, 0) is 31.5 Å². The highest BCUT2D eigenvalue weighted by Crippen LogP contribution is 2.24. The van der Waals surface area contributed by atoms with Gasteiger partial charge in [-0.25, -0.2) is 0 Å². The fourth-order valence-electron chi connectivity index (χ4n) is 2.56. The molecule has 0 bridgehead atoms. The highest BCUT2D eigenvalue weighted by molar-refractivity contribution is 6.00. The monoisotopic (exact) mass is 336 g/mol. The number of hydrogen-bond acceptors (Lipinski definition) is 4. The van der Waals surface area contributed by atoms with Crippen LogP contribution in [0.3, 0.4) is 0 Å². The van der Waals surface area contributed by atoms with Crippen LogP contribution in [-0.2, 0) is 0 Å². The molecule has 3 aromatic rings. The summed E-state index contributed by atoms with van der Waals surface area (Å²) in [6.07, 6.45) is 0. The molecule has 1 N–H and O–H groups in total. The zero-order valence-electron chi connectivity index (χ0n) is 14.3. The molecule has 1 heterocycles. The maximum Gasteiger partial charge on any atom is 0.257 e. The van der Waals surface area contributed by atoms with Gasteiger partial charge in [0.2, 0.25) is 0 Å². The second-order valence-electron chi connectivity index (χ2n) is 5.75. The van der Waals surface area contributed by atoms with Crippen LogP contribution in [0.5, 0.6) is 5.75 Å². The second-order valence-corrected chi connectivity index (χ2v) is 5.75. The Labute approximate surface area is 146 Å².